The minimum atomic E-state index is 0.101. The van der Waals surface area contributed by atoms with Gasteiger partial charge in [-0.2, -0.15) is 0 Å². The van der Waals surface area contributed by atoms with Gasteiger partial charge in [0, 0.05) is 42.9 Å². The van der Waals surface area contributed by atoms with Crippen LogP contribution in [0.4, 0.5) is 0 Å². The fourth-order valence-corrected chi connectivity index (χ4v) is 4.37. The molecular formula is C23H30N4O2S. The predicted octanol–water partition coefficient (Wildman–Crippen LogP) is 4.82. The van der Waals surface area contributed by atoms with E-state index in [1.807, 2.05) is 24.5 Å². The van der Waals surface area contributed by atoms with E-state index in [9.17, 15) is 4.79 Å². The van der Waals surface area contributed by atoms with E-state index in [4.69, 9.17) is 4.74 Å². The SMILES string of the molecule is COCCCn1cnnc1SCC(=O)c1cc(C)n(-c2ccc(C(C)C)cc2)c1C. The topological polar surface area (TPSA) is 61.9 Å². The highest BCUT2D eigenvalue weighted by atomic mass is 32.2. The number of carbonyl (C=O) groups is 1. The molecule has 0 aliphatic carbocycles. The van der Waals surface area contributed by atoms with Crippen molar-refractivity contribution in [2.45, 2.75) is 51.7 Å². The first kappa shape index (κ1) is 22.3. The fourth-order valence-electron chi connectivity index (χ4n) is 3.55. The molecule has 3 aromatic rings. The van der Waals surface area contributed by atoms with Crippen LogP contribution in [0.5, 0.6) is 0 Å². The average molecular weight is 427 g/mol. The van der Waals surface area contributed by atoms with E-state index >= 15 is 0 Å². The largest absolute Gasteiger partial charge is 0.385 e. The van der Waals surface area contributed by atoms with Gasteiger partial charge in [-0.05, 0) is 49.9 Å². The lowest BCUT2D eigenvalue weighted by Gasteiger charge is -2.12. The number of hydrogen-bond acceptors (Lipinski definition) is 5. The maximum atomic E-state index is 13.0. The molecule has 0 aliphatic rings. The summed E-state index contributed by atoms with van der Waals surface area (Å²) in [5.74, 6) is 0.931. The van der Waals surface area contributed by atoms with Gasteiger partial charge >= 0.3 is 0 Å². The zero-order valence-corrected chi connectivity index (χ0v) is 19.2. The number of ketones is 1. The molecule has 6 nitrogen and oxygen atoms in total. The molecule has 0 amide bonds. The molecule has 0 unspecified atom stereocenters. The highest BCUT2D eigenvalue weighted by Crippen LogP contribution is 2.25. The number of hydrogen-bond donors (Lipinski definition) is 0. The molecule has 2 heterocycles. The number of aromatic nitrogens is 4. The molecule has 0 spiro atoms. The molecule has 3 rings (SSSR count). The van der Waals surface area contributed by atoms with E-state index in [0.717, 1.165) is 40.8 Å². The molecule has 0 N–H and O–H groups in total. The molecule has 2 aromatic heterocycles. The summed E-state index contributed by atoms with van der Waals surface area (Å²) in [5, 5.41) is 8.90. The van der Waals surface area contributed by atoms with Crippen molar-refractivity contribution >= 4 is 17.5 Å². The second-order valence-electron chi connectivity index (χ2n) is 7.73. The summed E-state index contributed by atoms with van der Waals surface area (Å²) in [7, 11) is 1.69. The lowest BCUT2D eigenvalue weighted by Crippen LogP contribution is -2.07. The summed E-state index contributed by atoms with van der Waals surface area (Å²) >= 11 is 1.43. The van der Waals surface area contributed by atoms with Gasteiger partial charge in [0.1, 0.15) is 6.33 Å². The van der Waals surface area contributed by atoms with Crippen LogP contribution in [0, 0.1) is 13.8 Å². The Kier molecular flexibility index (Phi) is 7.50. The van der Waals surface area contributed by atoms with Crippen molar-refractivity contribution in [1.29, 1.82) is 0 Å². The van der Waals surface area contributed by atoms with Crippen LogP contribution in [0.1, 0.15) is 53.5 Å². The third-order valence-electron chi connectivity index (χ3n) is 5.21. The van der Waals surface area contributed by atoms with Crippen molar-refractivity contribution in [2.24, 2.45) is 0 Å². The van der Waals surface area contributed by atoms with Crippen molar-refractivity contribution in [1.82, 2.24) is 19.3 Å². The molecule has 0 aliphatic heterocycles. The quantitative estimate of drug-likeness (QED) is 0.264. The summed E-state index contributed by atoms with van der Waals surface area (Å²) in [6, 6.07) is 10.6. The van der Waals surface area contributed by atoms with Gasteiger partial charge in [0.25, 0.3) is 0 Å². The second-order valence-corrected chi connectivity index (χ2v) is 8.67. The first-order valence-corrected chi connectivity index (χ1v) is 11.2. The summed E-state index contributed by atoms with van der Waals surface area (Å²) in [5.41, 5.74) is 5.18. The first-order chi connectivity index (χ1) is 14.4. The fraction of sp³-hybridized carbons (Fsp3) is 0.435. The Balaban J connectivity index is 1.72. The zero-order valence-electron chi connectivity index (χ0n) is 18.4. The minimum absolute atomic E-state index is 0.101. The molecule has 1 aromatic carbocycles. The number of ether oxygens (including phenoxy) is 1. The van der Waals surface area contributed by atoms with E-state index < -0.39 is 0 Å². The molecule has 160 valence electrons. The van der Waals surface area contributed by atoms with E-state index in [1.54, 1.807) is 13.4 Å². The number of nitrogens with zero attached hydrogens (tertiary/aromatic N) is 4. The van der Waals surface area contributed by atoms with Crippen LogP contribution in [-0.4, -0.2) is 44.6 Å². The highest BCUT2D eigenvalue weighted by Gasteiger charge is 2.18. The van der Waals surface area contributed by atoms with Gasteiger partial charge in [0.15, 0.2) is 10.9 Å². The van der Waals surface area contributed by atoms with E-state index in [-0.39, 0.29) is 5.78 Å². The number of thioether (sulfide) groups is 1. The van der Waals surface area contributed by atoms with Gasteiger partial charge < -0.3 is 13.9 Å². The molecule has 0 bridgehead atoms. The van der Waals surface area contributed by atoms with Gasteiger partial charge in [-0.3, -0.25) is 4.79 Å². The van der Waals surface area contributed by atoms with Crippen LogP contribution in [0.25, 0.3) is 5.69 Å². The Bertz CT molecular complexity index is 989. The van der Waals surface area contributed by atoms with E-state index in [0.29, 0.717) is 18.3 Å². The molecule has 0 saturated carbocycles. The van der Waals surface area contributed by atoms with Crippen LogP contribution < -0.4 is 0 Å². The van der Waals surface area contributed by atoms with Gasteiger partial charge in [0.05, 0.1) is 5.75 Å². The molecule has 0 fully saturated rings. The molecule has 7 heteroatoms. The zero-order chi connectivity index (χ0) is 21.7. The summed E-state index contributed by atoms with van der Waals surface area (Å²) in [6.45, 7) is 9.89. The smallest absolute Gasteiger partial charge is 0.191 e. The van der Waals surface area contributed by atoms with Crippen LogP contribution in [0.2, 0.25) is 0 Å². The lowest BCUT2D eigenvalue weighted by atomic mass is 10.0. The summed E-state index contributed by atoms with van der Waals surface area (Å²) < 4.78 is 9.22. The molecule has 0 atom stereocenters. The van der Waals surface area contributed by atoms with Gasteiger partial charge in [-0.1, -0.05) is 37.7 Å². The van der Waals surface area contributed by atoms with Crippen molar-refractivity contribution < 1.29 is 9.53 Å². The number of aryl methyl sites for hydroxylation is 2. The van der Waals surface area contributed by atoms with Crippen LogP contribution in [-0.2, 0) is 11.3 Å². The number of Topliss-reactive ketones (excluding diaryl/α,β-unsaturated/α-hetero) is 1. The lowest BCUT2D eigenvalue weighted by molar-refractivity contribution is 0.102. The molecular weight excluding hydrogens is 396 g/mol. The van der Waals surface area contributed by atoms with Crippen molar-refractivity contribution in [2.75, 3.05) is 19.5 Å². The van der Waals surface area contributed by atoms with E-state index in [2.05, 4.69) is 52.9 Å². The van der Waals surface area contributed by atoms with Crippen LogP contribution >= 0.6 is 11.8 Å². The number of rotatable bonds is 10. The predicted molar refractivity (Wildman–Crippen MR) is 121 cm³/mol. The number of benzene rings is 1. The first-order valence-electron chi connectivity index (χ1n) is 10.2. The Morgan fingerprint density at radius 1 is 1.20 bits per heavy atom. The Morgan fingerprint density at radius 3 is 2.60 bits per heavy atom. The maximum absolute atomic E-state index is 13.0. The summed E-state index contributed by atoms with van der Waals surface area (Å²) in [4.78, 5) is 13.0. The number of methoxy groups -OCH3 is 1. The Labute approximate surface area is 182 Å². The minimum Gasteiger partial charge on any atom is -0.385 e. The van der Waals surface area contributed by atoms with Crippen LogP contribution in [0.15, 0.2) is 41.8 Å². The van der Waals surface area contributed by atoms with Crippen molar-refractivity contribution in [3.05, 3.63) is 59.2 Å². The highest BCUT2D eigenvalue weighted by molar-refractivity contribution is 7.99. The summed E-state index contributed by atoms with van der Waals surface area (Å²) in [6.07, 6.45) is 2.59. The van der Waals surface area contributed by atoms with Gasteiger partial charge in [-0.25, -0.2) is 0 Å². The van der Waals surface area contributed by atoms with Crippen molar-refractivity contribution in [3.8, 4) is 5.69 Å². The third-order valence-corrected chi connectivity index (χ3v) is 6.19. The standard InChI is InChI=1S/C23H30N4O2S/c1-16(2)19-7-9-20(10-8-19)27-17(3)13-21(18(27)4)22(28)14-30-23-25-24-15-26(23)11-6-12-29-5/h7-10,13,15-16H,6,11-12,14H2,1-5H3. The Hall–Kier alpha value is -2.38. The van der Waals surface area contributed by atoms with Crippen molar-refractivity contribution in [3.63, 3.8) is 0 Å². The monoisotopic (exact) mass is 426 g/mol. The second kappa shape index (κ2) is 10.1. The normalized spacial score (nSPS) is 11.4. The maximum Gasteiger partial charge on any atom is 0.191 e. The van der Waals surface area contributed by atoms with Gasteiger partial charge in [-0.15, -0.1) is 10.2 Å². The average Bonchev–Trinajstić information content (AvgIpc) is 3.30. The molecule has 30 heavy (non-hydrogen) atoms. The van der Waals surface area contributed by atoms with Gasteiger partial charge in [0.2, 0.25) is 0 Å². The van der Waals surface area contributed by atoms with E-state index in [1.165, 1.54) is 17.3 Å². The molecule has 0 saturated heterocycles. The Morgan fingerprint density at radius 2 is 1.93 bits per heavy atom. The third kappa shape index (κ3) is 5.02. The van der Waals surface area contributed by atoms with Crippen LogP contribution in [0.3, 0.4) is 0 Å². The molecule has 0 radical (unpaired) electrons. The number of carbonyl (C=O) groups excluding carboxylic acids is 1.